The molecule has 38 heavy (non-hydrogen) atoms. The molecule has 1 unspecified atom stereocenters. The van der Waals surface area contributed by atoms with Crippen LogP contribution in [-0.2, 0) is 19.9 Å². The maximum Gasteiger partial charge on any atom is 0.488 e. The molecule has 5 rings (SSSR count). The summed E-state index contributed by atoms with van der Waals surface area (Å²) in [6, 6.07) is 18.3. The van der Waals surface area contributed by atoms with Crippen LogP contribution < -0.4 is 15.1 Å². The molecular formula is C29H29BN2O6. The molecule has 0 radical (unpaired) electrons. The van der Waals surface area contributed by atoms with E-state index in [0.29, 0.717) is 60.9 Å². The Kier molecular flexibility index (Phi) is 6.73. The number of amides is 1. The molecule has 3 aromatic carbocycles. The fourth-order valence-corrected chi connectivity index (χ4v) is 5.38. The van der Waals surface area contributed by atoms with E-state index in [1.165, 1.54) is 0 Å². The standard InChI is InChI=1S/C29H29BN2O6/c1-19(2)28(34)32-14-12-31(13-15-32)22-9-11-25-27(17-22)38-26-16-21(30(35)36)8-10-24(26)29(25,37-18-33)23-7-5-4-6-20(23)3/h4-11,16-18,35-36H,1,12-15H2,2-3H3. The first-order valence-corrected chi connectivity index (χ1v) is 12.5. The van der Waals surface area contributed by atoms with Crippen molar-refractivity contribution in [2.45, 2.75) is 19.4 Å². The molecule has 0 aliphatic carbocycles. The molecule has 2 heterocycles. The molecule has 0 aromatic heterocycles. The Labute approximate surface area is 221 Å². The van der Waals surface area contributed by atoms with E-state index in [9.17, 15) is 19.6 Å². The van der Waals surface area contributed by atoms with Crippen molar-refractivity contribution in [2.24, 2.45) is 0 Å². The topological polar surface area (TPSA) is 99.5 Å². The van der Waals surface area contributed by atoms with Gasteiger partial charge in [-0.2, -0.15) is 0 Å². The fourth-order valence-electron chi connectivity index (χ4n) is 5.38. The molecular weight excluding hydrogens is 483 g/mol. The smallest absolute Gasteiger partial charge is 0.456 e. The number of carbonyl (C=O) groups is 2. The maximum absolute atomic E-state index is 12.3. The quantitative estimate of drug-likeness (QED) is 0.298. The van der Waals surface area contributed by atoms with Gasteiger partial charge in [0.05, 0.1) is 0 Å². The first-order valence-electron chi connectivity index (χ1n) is 12.5. The van der Waals surface area contributed by atoms with Crippen LogP contribution in [0.5, 0.6) is 11.5 Å². The summed E-state index contributed by atoms with van der Waals surface area (Å²) in [5.41, 5.74) is 3.30. The molecule has 1 fully saturated rings. The van der Waals surface area contributed by atoms with E-state index in [1.54, 1.807) is 30.0 Å². The zero-order chi connectivity index (χ0) is 27.0. The SMILES string of the molecule is C=C(C)C(=O)N1CCN(c2ccc3c(c2)Oc2cc(B(O)O)ccc2C3(OC=O)c2ccccc2C)CC1. The maximum atomic E-state index is 12.3. The number of benzene rings is 3. The van der Waals surface area contributed by atoms with Crippen molar-refractivity contribution >= 4 is 30.6 Å². The number of anilines is 1. The monoisotopic (exact) mass is 512 g/mol. The molecule has 0 spiro atoms. The summed E-state index contributed by atoms with van der Waals surface area (Å²) in [6.45, 7) is 10.3. The molecule has 8 nitrogen and oxygen atoms in total. The van der Waals surface area contributed by atoms with Gasteiger partial charge < -0.3 is 29.3 Å². The van der Waals surface area contributed by atoms with Gasteiger partial charge in [0.15, 0.2) is 5.60 Å². The van der Waals surface area contributed by atoms with Gasteiger partial charge in [0, 0.05) is 60.2 Å². The second-order valence-corrected chi connectivity index (χ2v) is 9.68. The first kappa shape index (κ1) is 25.6. The third-order valence-electron chi connectivity index (χ3n) is 7.29. The van der Waals surface area contributed by atoms with Gasteiger partial charge in [-0.1, -0.05) is 43.0 Å². The highest BCUT2D eigenvalue weighted by Crippen LogP contribution is 2.53. The van der Waals surface area contributed by atoms with E-state index < -0.39 is 12.7 Å². The van der Waals surface area contributed by atoms with Gasteiger partial charge in [-0.15, -0.1) is 0 Å². The molecule has 3 aromatic rings. The Hall–Kier alpha value is -4.08. The molecule has 1 atom stereocenters. The van der Waals surface area contributed by atoms with Crippen LogP contribution in [0.15, 0.2) is 72.8 Å². The largest absolute Gasteiger partial charge is 0.488 e. The van der Waals surface area contributed by atoms with Crippen molar-refractivity contribution in [3.05, 3.63) is 95.1 Å². The predicted molar refractivity (Wildman–Crippen MR) is 145 cm³/mol. The molecule has 0 saturated carbocycles. The van der Waals surface area contributed by atoms with Gasteiger partial charge in [0.2, 0.25) is 5.91 Å². The summed E-state index contributed by atoms with van der Waals surface area (Å²) in [7, 11) is -1.69. The van der Waals surface area contributed by atoms with Gasteiger partial charge in [-0.3, -0.25) is 9.59 Å². The van der Waals surface area contributed by atoms with Crippen LogP contribution in [-0.4, -0.2) is 60.6 Å². The van der Waals surface area contributed by atoms with E-state index >= 15 is 0 Å². The summed E-state index contributed by atoms with van der Waals surface area (Å²) < 4.78 is 12.3. The van der Waals surface area contributed by atoms with Gasteiger partial charge in [-0.05, 0) is 43.1 Å². The van der Waals surface area contributed by atoms with E-state index in [2.05, 4.69) is 11.5 Å². The van der Waals surface area contributed by atoms with Gasteiger partial charge in [0.1, 0.15) is 11.5 Å². The van der Waals surface area contributed by atoms with Gasteiger partial charge in [-0.25, -0.2) is 0 Å². The van der Waals surface area contributed by atoms with Crippen molar-refractivity contribution in [3.63, 3.8) is 0 Å². The highest BCUT2D eigenvalue weighted by molar-refractivity contribution is 6.58. The second kappa shape index (κ2) is 10.0. The average Bonchev–Trinajstić information content (AvgIpc) is 2.92. The number of rotatable bonds is 6. The molecule has 1 amide bonds. The molecule has 2 N–H and O–H groups in total. The minimum atomic E-state index is -1.69. The average molecular weight is 512 g/mol. The minimum absolute atomic E-state index is 0.0362. The Morgan fingerprint density at radius 3 is 2.29 bits per heavy atom. The van der Waals surface area contributed by atoms with Crippen molar-refractivity contribution in [3.8, 4) is 11.5 Å². The van der Waals surface area contributed by atoms with Crippen LogP contribution in [0.1, 0.15) is 29.2 Å². The summed E-state index contributed by atoms with van der Waals surface area (Å²) >= 11 is 0. The van der Waals surface area contributed by atoms with Crippen LogP contribution in [0.4, 0.5) is 5.69 Å². The second-order valence-electron chi connectivity index (χ2n) is 9.68. The van der Waals surface area contributed by atoms with Crippen LogP contribution >= 0.6 is 0 Å². The number of nitrogens with zero attached hydrogens (tertiary/aromatic N) is 2. The zero-order valence-electron chi connectivity index (χ0n) is 21.4. The van der Waals surface area contributed by atoms with Crippen LogP contribution in [0.3, 0.4) is 0 Å². The zero-order valence-corrected chi connectivity index (χ0v) is 21.4. The third-order valence-corrected chi connectivity index (χ3v) is 7.29. The number of aryl methyl sites for hydroxylation is 1. The Morgan fingerprint density at radius 2 is 1.66 bits per heavy atom. The lowest BCUT2D eigenvalue weighted by Gasteiger charge is -2.41. The van der Waals surface area contributed by atoms with Crippen LogP contribution in [0, 0.1) is 6.92 Å². The van der Waals surface area contributed by atoms with Crippen LogP contribution in [0.25, 0.3) is 0 Å². The van der Waals surface area contributed by atoms with Crippen molar-refractivity contribution in [2.75, 3.05) is 31.1 Å². The number of carbonyl (C=O) groups excluding carboxylic acids is 2. The summed E-state index contributed by atoms with van der Waals surface area (Å²) in [5.74, 6) is 0.818. The van der Waals surface area contributed by atoms with Gasteiger partial charge >= 0.3 is 7.12 Å². The minimum Gasteiger partial charge on any atom is -0.456 e. The Bertz CT molecular complexity index is 1420. The van der Waals surface area contributed by atoms with E-state index in [1.807, 2.05) is 49.4 Å². The summed E-state index contributed by atoms with van der Waals surface area (Å²) in [6.07, 6.45) is 0. The van der Waals surface area contributed by atoms with Crippen molar-refractivity contribution < 1.29 is 29.1 Å². The lowest BCUT2D eigenvalue weighted by atomic mass is 9.73. The van der Waals surface area contributed by atoms with E-state index in [4.69, 9.17) is 9.47 Å². The fraction of sp³-hybridized carbons (Fsp3) is 0.241. The number of hydrogen-bond donors (Lipinski definition) is 2. The molecule has 1 saturated heterocycles. The highest BCUT2D eigenvalue weighted by Gasteiger charge is 2.47. The number of hydrogen-bond acceptors (Lipinski definition) is 7. The molecule has 2 aliphatic heterocycles. The first-order chi connectivity index (χ1) is 18.3. The highest BCUT2D eigenvalue weighted by atomic mass is 16.5. The van der Waals surface area contributed by atoms with Crippen molar-refractivity contribution in [1.29, 1.82) is 0 Å². The van der Waals surface area contributed by atoms with E-state index in [0.717, 1.165) is 16.8 Å². The summed E-state index contributed by atoms with van der Waals surface area (Å²) in [5, 5.41) is 19.6. The molecule has 2 aliphatic rings. The molecule has 0 bridgehead atoms. The Balaban J connectivity index is 1.61. The van der Waals surface area contributed by atoms with Gasteiger partial charge in [0.25, 0.3) is 6.47 Å². The van der Waals surface area contributed by atoms with E-state index in [-0.39, 0.29) is 11.4 Å². The number of ether oxygens (including phenoxy) is 2. The number of piperazine rings is 1. The predicted octanol–water partition coefficient (Wildman–Crippen LogP) is 2.47. The summed E-state index contributed by atoms with van der Waals surface area (Å²) in [4.78, 5) is 28.3. The van der Waals surface area contributed by atoms with Crippen molar-refractivity contribution in [1.82, 2.24) is 4.90 Å². The normalized spacial score (nSPS) is 18.1. The third kappa shape index (κ3) is 4.23. The molecule has 194 valence electrons. The lowest BCUT2D eigenvalue weighted by molar-refractivity contribution is -0.138. The number of fused-ring (bicyclic) bond motifs is 2. The molecule has 9 heteroatoms. The Morgan fingerprint density at radius 1 is 1.00 bits per heavy atom. The lowest BCUT2D eigenvalue weighted by Crippen LogP contribution is -2.49. The van der Waals surface area contributed by atoms with Crippen LogP contribution in [0.2, 0.25) is 0 Å².